The highest BCUT2D eigenvalue weighted by molar-refractivity contribution is 5.95. The van der Waals surface area contributed by atoms with Crippen molar-refractivity contribution in [3.63, 3.8) is 0 Å². The molecular formula is C46H59FN4O5. The third kappa shape index (κ3) is 7.24. The van der Waals surface area contributed by atoms with Gasteiger partial charge in [0.05, 0.1) is 22.7 Å². The number of ether oxygens (including phenoxy) is 1. The highest BCUT2D eigenvalue weighted by Gasteiger charge is 2.61. The number of Topliss-reactive ketones (excluding diaryl/α,β-unsaturated/α-hetero) is 1. The monoisotopic (exact) mass is 766 g/mol. The van der Waals surface area contributed by atoms with Gasteiger partial charge in [-0.3, -0.25) is 19.2 Å². The maximum absolute atomic E-state index is 15.0. The number of ketones is 1. The van der Waals surface area contributed by atoms with Crippen LogP contribution in [0.25, 0.3) is 10.8 Å². The van der Waals surface area contributed by atoms with Crippen LogP contribution in [0.15, 0.2) is 47.3 Å². The second kappa shape index (κ2) is 15.8. The molecule has 300 valence electrons. The number of aromatic amines is 1. The molecule has 4 saturated carbocycles. The number of nitrogens with one attached hydrogen (secondary N) is 1. The van der Waals surface area contributed by atoms with E-state index in [1.807, 2.05) is 17.0 Å². The number of carbonyl (C=O) groups is 3. The highest BCUT2D eigenvalue weighted by atomic mass is 19.1. The number of fused-ring (bicyclic) bond motifs is 6. The summed E-state index contributed by atoms with van der Waals surface area (Å²) in [6, 6.07) is 11.7. The van der Waals surface area contributed by atoms with Gasteiger partial charge in [-0.1, -0.05) is 51.5 Å². The Morgan fingerprint density at radius 1 is 0.893 bits per heavy atom. The van der Waals surface area contributed by atoms with Gasteiger partial charge in [0.2, 0.25) is 5.91 Å². The van der Waals surface area contributed by atoms with Gasteiger partial charge in [0.25, 0.3) is 11.5 Å². The average Bonchev–Trinajstić information content (AvgIpc) is 3.54. The van der Waals surface area contributed by atoms with E-state index < -0.39 is 5.82 Å². The second-order valence-corrected chi connectivity index (χ2v) is 18.4. The minimum atomic E-state index is -0.583. The summed E-state index contributed by atoms with van der Waals surface area (Å²) in [5.41, 5.74) is 1.65. The van der Waals surface area contributed by atoms with Gasteiger partial charge in [-0.2, -0.15) is 5.10 Å². The standard InChI is InChI=1S/C46H59FN4O5/c1-29-28-46(3)31(27-40(29)52)13-14-34-36-15-17-41(45(36,2)19-18-37(34)46)56-24-8-4-5-11-42(53)50-20-22-51(23-21-50)44(55)35-25-30(12-16-38(35)47)26-39-32-9-6-7-10-33(32)43(54)49-48-39/h6-7,9-10,12,16,25,29,31,34,36-37,41H,4-5,8,11,13-15,17-24,26-28H2,1-3H3,(H,49,54)/t29-,31?,34+,36?,37?,41+,45+,46+/m1/s1. The number of aromatic nitrogens is 2. The predicted octanol–water partition coefficient (Wildman–Crippen LogP) is 7.74. The summed E-state index contributed by atoms with van der Waals surface area (Å²) in [5.74, 6) is 2.65. The molecular weight excluding hydrogens is 708 g/mol. The minimum absolute atomic E-state index is 0.00218. The largest absolute Gasteiger partial charge is 0.378 e. The van der Waals surface area contributed by atoms with Gasteiger partial charge >= 0.3 is 0 Å². The van der Waals surface area contributed by atoms with E-state index in [9.17, 15) is 23.6 Å². The van der Waals surface area contributed by atoms with Crippen molar-refractivity contribution in [2.24, 2.45) is 40.4 Å². The third-order valence-electron chi connectivity index (χ3n) is 15.4. The quantitative estimate of drug-likeness (QED) is 0.212. The molecule has 0 spiro atoms. The number of carbonyl (C=O) groups excluding carboxylic acids is 3. The maximum atomic E-state index is 15.0. The van der Waals surface area contributed by atoms with Gasteiger partial charge in [0.15, 0.2) is 0 Å². The zero-order valence-electron chi connectivity index (χ0n) is 33.5. The summed E-state index contributed by atoms with van der Waals surface area (Å²) < 4.78 is 21.6. The predicted molar refractivity (Wildman–Crippen MR) is 214 cm³/mol. The molecule has 2 aromatic carbocycles. The van der Waals surface area contributed by atoms with E-state index in [1.54, 1.807) is 29.2 Å². The molecule has 56 heavy (non-hydrogen) atoms. The second-order valence-electron chi connectivity index (χ2n) is 18.4. The van der Waals surface area contributed by atoms with Gasteiger partial charge in [-0.05, 0) is 116 Å². The first-order chi connectivity index (χ1) is 27.0. The average molecular weight is 767 g/mol. The van der Waals surface area contributed by atoms with E-state index in [0.29, 0.717) is 78.9 Å². The molecule has 8 rings (SSSR count). The Labute approximate surface area is 330 Å². The van der Waals surface area contributed by atoms with Crippen LogP contribution in [0.1, 0.15) is 119 Å². The number of piperazine rings is 1. The molecule has 3 unspecified atom stereocenters. The van der Waals surface area contributed by atoms with Crippen LogP contribution in [0, 0.1) is 46.2 Å². The lowest BCUT2D eigenvalue weighted by atomic mass is 9.44. The van der Waals surface area contributed by atoms with Gasteiger partial charge in [-0.25, -0.2) is 9.49 Å². The van der Waals surface area contributed by atoms with Crippen LogP contribution in [0.5, 0.6) is 0 Å². The molecule has 1 N–H and O–H groups in total. The first kappa shape index (κ1) is 38.9. The van der Waals surface area contributed by atoms with E-state index in [0.717, 1.165) is 68.3 Å². The smallest absolute Gasteiger partial charge is 0.272 e. The molecule has 2 amide bonds. The van der Waals surface area contributed by atoms with Crippen LogP contribution in [-0.4, -0.2) is 76.5 Å². The zero-order chi connectivity index (χ0) is 39.2. The normalized spacial score (nSPS) is 31.5. The molecule has 3 aromatic rings. The summed E-state index contributed by atoms with van der Waals surface area (Å²) in [4.78, 5) is 54.8. The maximum Gasteiger partial charge on any atom is 0.272 e. The van der Waals surface area contributed by atoms with Crippen molar-refractivity contribution in [3.05, 3.63) is 75.5 Å². The number of nitrogens with zero attached hydrogens (tertiary/aromatic N) is 3. The number of unbranched alkanes of at least 4 members (excludes halogenated alkanes) is 2. The Morgan fingerprint density at radius 3 is 2.45 bits per heavy atom. The van der Waals surface area contributed by atoms with Crippen molar-refractivity contribution in [2.75, 3.05) is 32.8 Å². The summed E-state index contributed by atoms with van der Waals surface area (Å²) in [6.07, 6.45) is 13.1. The molecule has 1 saturated heterocycles. The Bertz CT molecular complexity index is 2030. The van der Waals surface area contributed by atoms with Gasteiger partial charge < -0.3 is 14.5 Å². The number of hydrogen-bond donors (Lipinski definition) is 1. The number of amides is 2. The summed E-state index contributed by atoms with van der Waals surface area (Å²) in [6.45, 7) is 9.51. The van der Waals surface area contributed by atoms with E-state index in [2.05, 4.69) is 31.0 Å². The lowest BCUT2D eigenvalue weighted by molar-refractivity contribution is -0.151. The minimum Gasteiger partial charge on any atom is -0.378 e. The van der Waals surface area contributed by atoms with Gasteiger partial charge in [0, 0.05) is 63.4 Å². The zero-order valence-corrected chi connectivity index (χ0v) is 33.5. The van der Waals surface area contributed by atoms with Gasteiger partial charge in [0.1, 0.15) is 11.6 Å². The van der Waals surface area contributed by atoms with Crippen LogP contribution >= 0.6 is 0 Å². The fourth-order valence-electron chi connectivity index (χ4n) is 12.2. The molecule has 0 radical (unpaired) electrons. The molecule has 1 aromatic heterocycles. The van der Waals surface area contributed by atoms with Crippen molar-refractivity contribution in [2.45, 2.75) is 110 Å². The third-order valence-corrected chi connectivity index (χ3v) is 15.4. The SMILES string of the molecule is C[C@@H]1C[C@@]2(C)C(CC[C@@H]3C2CC[C@@]2(C)C3CC[C@@H]2OCCCCCC(=O)N2CCN(C(=O)c3cc(Cc4n[nH]c(=O)c5ccccc45)ccc3F)CC2)CC1=O. The summed E-state index contributed by atoms with van der Waals surface area (Å²) in [5, 5.41) is 8.02. The fourth-order valence-corrected chi connectivity index (χ4v) is 12.2. The van der Waals surface area contributed by atoms with Crippen LogP contribution in [0.2, 0.25) is 0 Å². The van der Waals surface area contributed by atoms with Crippen LogP contribution in [0.3, 0.4) is 0 Å². The number of halogens is 1. The molecule has 0 bridgehead atoms. The molecule has 2 heterocycles. The topological polar surface area (TPSA) is 113 Å². The first-order valence-corrected chi connectivity index (χ1v) is 21.4. The van der Waals surface area contributed by atoms with Crippen molar-refractivity contribution in [3.8, 4) is 0 Å². The molecule has 9 nitrogen and oxygen atoms in total. The molecule has 4 aliphatic carbocycles. The van der Waals surface area contributed by atoms with Gasteiger partial charge in [-0.15, -0.1) is 0 Å². The highest BCUT2D eigenvalue weighted by Crippen LogP contribution is 2.66. The first-order valence-electron chi connectivity index (χ1n) is 21.4. The van der Waals surface area contributed by atoms with Crippen LogP contribution in [0.4, 0.5) is 4.39 Å². The van der Waals surface area contributed by atoms with Crippen molar-refractivity contribution >= 4 is 28.4 Å². The Morgan fingerprint density at radius 2 is 1.64 bits per heavy atom. The molecule has 8 atom stereocenters. The lowest BCUT2D eigenvalue weighted by Crippen LogP contribution is -2.55. The van der Waals surface area contributed by atoms with Crippen molar-refractivity contribution < 1.29 is 23.5 Å². The van der Waals surface area contributed by atoms with E-state index in [4.69, 9.17) is 4.74 Å². The number of hydrogen-bond acceptors (Lipinski definition) is 6. The molecule has 5 aliphatic rings. The summed E-state index contributed by atoms with van der Waals surface area (Å²) in [7, 11) is 0. The molecule has 10 heteroatoms. The Hall–Kier alpha value is -3.92. The molecule has 1 aliphatic heterocycles. The van der Waals surface area contributed by atoms with Crippen LogP contribution < -0.4 is 5.56 Å². The number of rotatable bonds is 10. The fraction of sp³-hybridized carbons (Fsp3) is 0.630. The number of H-pyrrole nitrogens is 1. The van der Waals surface area contributed by atoms with Crippen molar-refractivity contribution in [1.82, 2.24) is 20.0 Å². The van der Waals surface area contributed by atoms with Crippen LogP contribution in [-0.2, 0) is 20.7 Å². The Balaban J connectivity index is 0.762. The van der Waals surface area contributed by atoms with E-state index >= 15 is 0 Å². The molecule has 5 fully saturated rings. The Kier molecular flexibility index (Phi) is 11.0. The lowest BCUT2D eigenvalue weighted by Gasteiger charge is -2.60. The van der Waals surface area contributed by atoms with Crippen molar-refractivity contribution in [1.29, 1.82) is 0 Å². The van der Waals surface area contributed by atoms with E-state index in [-0.39, 0.29) is 34.3 Å². The van der Waals surface area contributed by atoms with E-state index in [1.165, 1.54) is 38.2 Å². The summed E-state index contributed by atoms with van der Waals surface area (Å²) >= 11 is 0. The number of benzene rings is 2.